The molecule has 0 heterocycles. The van der Waals surface area contributed by atoms with Gasteiger partial charge < -0.3 is 9.64 Å². The van der Waals surface area contributed by atoms with Crippen LogP contribution in [0.25, 0.3) is 0 Å². The van der Waals surface area contributed by atoms with E-state index in [1.807, 2.05) is 42.5 Å². The van der Waals surface area contributed by atoms with Crippen LogP contribution in [0.5, 0.6) is 5.75 Å². The summed E-state index contributed by atoms with van der Waals surface area (Å²) in [4.78, 5) is 14.0. The molecule has 22 heavy (non-hydrogen) atoms. The zero-order valence-electron chi connectivity index (χ0n) is 12.9. The lowest BCUT2D eigenvalue weighted by molar-refractivity contribution is -0.130. The Bertz CT molecular complexity index is 628. The lowest BCUT2D eigenvalue weighted by atomic mass is 10.1. The van der Waals surface area contributed by atoms with Gasteiger partial charge in [0.1, 0.15) is 5.75 Å². The number of halogens is 1. The third-order valence-corrected chi connectivity index (χ3v) is 3.78. The fraction of sp³-hybridized carbons (Fsp3) is 0.278. The molecule has 0 N–H and O–H groups in total. The highest BCUT2D eigenvalue weighted by Crippen LogP contribution is 2.24. The zero-order valence-corrected chi connectivity index (χ0v) is 13.6. The molecule has 4 heteroatoms. The quantitative estimate of drug-likeness (QED) is 0.807. The van der Waals surface area contributed by atoms with Crippen LogP contribution >= 0.6 is 11.6 Å². The molecule has 116 valence electrons. The third kappa shape index (κ3) is 4.50. The van der Waals surface area contributed by atoms with Crippen molar-refractivity contribution < 1.29 is 9.53 Å². The number of aryl methyl sites for hydroxylation is 1. The van der Waals surface area contributed by atoms with Gasteiger partial charge in [-0.25, -0.2) is 0 Å². The molecule has 3 nitrogen and oxygen atoms in total. The van der Waals surface area contributed by atoms with E-state index < -0.39 is 0 Å². The molecule has 0 saturated heterocycles. The summed E-state index contributed by atoms with van der Waals surface area (Å²) in [5.74, 6) is 0.845. The minimum absolute atomic E-state index is 0.103. The van der Waals surface area contributed by atoms with Gasteiger partial charge in [-0.15, -0.1) is 0 Å². The molecule has 0 aliphatic heterocycles. The minimum atomic E-state index is 0.103. The van der Waals surface area contributed by atoms with Crippen molar-refractivity contribution in [2.75, 3.05) is 14.2 Å². The van der Waals surface area contributed by atoms with Crippen molar-refractivity contribution in [3.8, 4) is 5.75 Å². The number of carbonyl (C=O) groups excluding carboxylic acids is 1. The molecule has 0 bridgehead atoms. The third-order valence-electron chi connectivity index (χ3n) is 3.55. The average molecular weight is 318 g/mol. The molecule has 0 saturated carbocycles. The zero-order chi connectivity index (χ0) is 15.9. The van der Waals surface area contributed by atoms with E-state index in [-0.39, 0.29) is 5.91 Å². The summed E-state index contributed by atoms with van der Waals surface area (Å²) in [5.41, 5.74) is 2.08. The Morgan fingerprint density at radius 2 is 1.91 bits per heavy atom. The fourth-order valence-corrected chi connectivity index (χ4v) is 2.50. The number of methoxy groups -OCH3 is 1. The maximum atomic E-state index is 12.3. The van der Waals surface area contributed by atoms with Crippen LogP contribution in [-0.4, -0.2) is 25.0 Å². The van der Waals surface area contributed by atoms with Crippen molar-refractivity contribution >= 4 is 17.5 Å². The first-order chi connectivity index (χ1) is 10.6. The smallest absolute Gasteiger partial charge is 0.222 e. The van der Waals surface area contributed by atoms with Gasteiger partial charge >= 0.3 is 0 Å². The predicted octanol–water partition coefficient (Wildman–Crippen LogP) is 3.94. The maximum Gasteiger partial charge on any atom is 0.222 e. The highest BCUT2D eigenvalue weighted by molar-refractivity contribution is 6.30. The van der Waals surface area contributed by atoms with E-state index in [1.54, 1.807) is 25.1 Å². The highest BCUT2D eigenvalue weighted by atomic mass is 35.5. The summed E-state index contributed by atoms with van der Waals surface area (Å²) < 4.78 is 5.31. The normalized spacial score (nSPS) is 10.3. The number of amides is 1. The highest BCUT2D eigenvalue weighted by Gasteiger charge is 2.12. The van der Waals surface area contributed by atoms with E-state index in [9.17, 15) is 4.79 Å². The van der Waals surface area contributed by atoms with Gasteiger partial charge in [0.2, 0.25) is 5.91 Å². The van der Waals surface area contributed by atoms with E-state index in [1.165, 1.54) is 5.56 Å². The Hall–Kier alpha value is -2.00. The van der Waals surface area contributed by atoms with E-state index in [4.69, 9.17) is 16.3 Å². The largest absolute Gasteiger partial charge is 0.496 e. The molecular weight excluding hydrogens is 298 g/mol. The molecule has 1 amide bonds. The van der Waals surface area contributed by atoms with Crippen LogP contribution < -0.4 is 4.74 Å². The van der Waals surface area contributed by atoms with E-state index in [0.717, 1.165) is 17.7 Å². The van der Waals surface area contributed by atoms with Gasteiger partial charge in [0, 0.05) is 30.6 Å². The first-order valence-corrected chi connectivity index (χ1v) is 7.58. The van der Waals surface area contributed by atoms with Crippen LogP contribution in [0.4, 0.5) is 0 Å². The number of nitrogens with zero attached hydrogens (tertiary/aromatic N) is 1. The topological polar surface area (TPSA) is 29.5 Å². The summed E-state index contributed by atoms with van der Waals surface area (Å²) in [6, 6.07) is 15.5. The van der Waals surface area contributed by atoms with Gasteiger partial charge in [0.15, 0.2) is 0 Å². The van der Waals surface area contributed by atoms with Crippen LogP contribution in [0.15, 0.2) is 48.5 Å². The van der Waals surface area contributed by atoms with Crippen LogP contribution in [0.1, 0.15) is 17.5 Å². The molecule has 0 spiro atoms. The Morgan fingerprint density at radius 1 is 1.18 bits per heavy atom. The number of carbonyl (C=O) groups is 1. The molecule has 2 aromatic carbocycles. The van der Waals surface area contributed by atoms with E-state index in [2.05, 4.69) is 0 Å². The van der Waals surface area contributed by atoms with Crippen LogP contribution in [-0.2, 0) is 17.8 Å². The second-order valence-corrected chi connectivity index (χ2v) is 5.63. The molecule has 2 rings (SSSR count). The Kier molecular flexibility index (Phi) is 5.84. The number of hydrogen-bond acceptors (Lipinski definition) is 2. The van der Waals surface area contributed by atoms with Crippen LogP contribution in [0, 0.1) is 0 Å². The van der Waals surface area contributed by atoms with Crippen molar-refractivity contribution in [3.63, 3.8) is 0 Å². The molecule has 0 unspecified atom stereocenters. The number of hydrogen-bond donors (Lipinski definition) is 0. The number of ether oxygens (including phenoxy) is 1. The average Bonchev–Trinajstić information content (AvgIpc) is 2.53. The van der Waals surface area contributed by atoms with Gasteiger partial charge in [-0.2, -0.15) is 0 Å². The van der Waals surface area contributed by atoms with Crippen molar-refractivity contribution in [2.45, 2.75) is 19.4 Å². The number of rotatable bonds is 6. The van der Waals surface area contributed by atoms with E-state index >= 15 is 0 Å². The summed E-state index contributed by atoms with van der Waals surface area (Å²) >= 11 is 6.02. The SMILES string of the molecule is COc1ccc(Cl)cc1CN(C)C(=O)CCc1ccccc1. The minimum Gasteiger partial charge on any atom is -0.496 e. The predicted molar refractivity (Wildman–Crippen MR) is 89.2 cm³/mol. The summed E-state index contributed by atoms with van der Waals surface area (Å²) in [6.45, 7) is 0.483. The monoisotopic (exact) mass is 317 g/mol. The number of benzene rings is 2. The van der Waals surface area contributed by atoms with Crippen LogP contribution in [0.2, 0.25) is 5.02 Å². The first kappa shape index (κ1) is 16.4. The summed E-state index contributed by atoms with van der Waals surface area (Å²) in [6.07, 6.45) is 1.24. The van der Waals surface area contributed by atoms with Gasteiger partial charge in [-0.1, -0.05) is 41.9 Å². The Morgan fingerprint density at radius 3 is 2.59 bits per heavy atom. The Labute approximate surface area is 136 Å². The molecule has 0 aromatic heterocycles. The van der Waals surface area contributed by atoms with Crippen molar-refractivity contribution in [3.05, 3.63) is 64.7 Å². The van der Waals surface area contributed by atoms with Crippen molar-refractivity contribution in [1.82, 2.24) is 4.90 Å². The van der Waals surface area contributed by atoms with Gasteiger partial charge in [0.25, 0.3) is 0 Å². The second kappa shape index (κ2) is 7.85. The molecule has 2 aromatic rings. The van der Waals surface area contributed by atoms with Crippen molar-refractivity contribution in [1.29, 1.82) is 0 Å². The van der Waals surface area contributed by atoms with Gasteiger partial charge in [0.05, 0.1) is 7.11 Å². The molecule has 0 aliphatic rings. The van der Waals surface area contributed by atoms with E-state index in [0.29, 0.717) is 18.0 Å². The maximum absolute atomic E-state index is 12.3. The molecule has 0 atom stereocenters. The van der Waals surface area contributed by atoms with Crippen molar-refractivity contribution in [2.24, 2.45) is 0 Å². The molecule has 0 radical (unpaired) electrons. The van der Waals surface area contributed by atoms with Crippen LogP contribution in [0.3, 0.4) is 0 Å². The standard InChI is InChI=1S/C18H20ClNO2/c1-20(13-15-12-16(19)9-10-17(15)22-2)18(21)11-8-14-6-4-3-5-7-14/h3-7,9-10,12H,8,11,13H2,1-2H3. The second-order valence-electron chi connectivity index (χ2n) is 5.19. The first-order valence-electron chi connectivity index (χ1n) is 7.20. The fourth-order valence-electron chi connectivity index (χ4n) is 2.30. The molecule has 0 aliphatic carbocycles. The lowest BCUT2D eigenvalue weighted by Crippen LogP contribution is -2.26. The lowest BCUT2D eigenvalue weighted by Gasteiger charge is -2.19. The molecule has 0 fully saturated rings. The van der Waals surface area contributed by atoms with Gasteiger partial charge in [-0.3, -0.25) is 4.79 Å². The summed E-state index contributed by atoms with van der Waals surface area (Å²) in [5, 5.41) is 0.640. The summed E-state index contributed by atoms with van der Waals surface area (Å²) in [7, 11) is 3.41. The Balaban J connectivity index is 1.95. The van der Waals surface area contributed by atoms with Gasteiger partial charge in [-0.05, 0) is 30.2 Å². The molecular formula is C18H20ClNO2.